The topological polar surface area (TPSA) is 58.9 Å². The molecule has 0 atom stereocenters. The minimum Gasteiger partial charge on any atom is -0.493 e. The van der Waals surface area contributed by atoms with Crippen LogP contribution in [0.4, 0.5) is 5.69 Å². The van der Waals surface area contributed by atoms with Crippen molar-refractivity contribution in [2.45, 2.75) is 25.7 Å². The molecule has 1 aliphatic rings. The van der Waals surface area contributed by atoms with Crippen molar-refractivity contribution in [3.8, 4) is 5.75 Å². The van der Waals surface area contributed by atoms with Crippen molar-refractivity contribution in [3.63, 3.8) is 0 Å². The van der Waals surface area contributed by atoms with Crippen LogP contribution >= 0.6 is 0 Å². The van der Waals surface area contributed by atoms with Crippen LogP contribution in [0.25, 0.3) is 0 Å². The standard InChI is InChI=1S/C19H19NO3/c1-19(2)9-10-23-17-8-3-13(11-16(17)19)12-20-15-6-4-14(5-7-15)18(21)22/h3-8,11-12H,9-10H2,1-2H3,(H,21,22). The molecule has 0 radical (unpaired) electrons. The Labute approximate surface area is 135 Å². The minimum atomic E-state index is -0.933. The number of hydrogen-bond acceptors (Lipinski definition) is 3. The van der Waals surface area contributed by atoms with E-state index in [0.29, 0.717) is 0 Å². The fourth-order valence-corrected chi connectivity index (χ4v) is 2.67. The number of aromatic carboxylic acids is 1. The lowest BCUT2D eigenvalue weighted by atomic mass is 9.79. The zero-order valence-corrected chi connectivity index (χ0v) is 13.2. The number of rotatable bonds is 3. The number of ether oxygens (including phenoxy) is 1. The highest BCUT2D eigenvalue weighted by atomic mass is 16.5. The van der Waals surface area contributed by atoms with Crippen LogP contribution in [-0.2, 0) is 5.41 Å². The first-order valence-electron chi connectivity index (χ1n) is 7.60. The molecule has 1 aliphatic heterocycles. The lowest BCUT2D eigenvalue weighted by Gasteiger charge is -2.32. The molecule has 0 fully saturated rings. The van der Waals surface area contributed by atoms with E-state index in [1.54, 1.807) is 30.5 Å². The van der Waals surface area contributed by atoms with E-state index in [2.05, 4.69) is 24.9 Å². The third-order valence-corrected chi connectivity index (χ3v) is 4.19. The maximum Gasteiger partial charge on any atom is 0.335 e. The van der Waals surface area contributed by atoms with E-state index in [1.807, 2.05) is 12.1 Å². The fraction of sp³-hybridized carbons (Fsp3) is 0.263. The predicted molar refractivity (Wildman–Crippen MR) is 90.2 cm³/mol. The number of carboxylic acid groups (broad SMARTS) is 1. The Bertz CT molecular complexity index is 761. The van der Waals surface area contributed by atoms with Crippen LogP contribution in [0.15, 0.2) is 47.5 Å². The summed E-state index contributed by atoms with van der Waals surface area (Å²) >= 11 is 0. The van der Waals surface area contributed by atoms with E-state index < -0.39 is 5.97 Å². The summed E-state index contributed by atoms with van der Waals surface area (Å²) in [7, 11) is 0. The number of carboxylic acids is 1. The van der Waals surface area contributed by atoms with Crippen LogP contribution in [0.1, 0.15) is 41.8 Å². The van der Waals surface area contributed by atoms with Gasteiger partial charge < -0.3 is 9.84 Å². The molecule has 0 saturated carbocycles. The van der Waals surface area contributed by atoms with Gasteiger partial charge in [0.05, 0.1) is 17.9 Å². The first-order valence-corrected chi connectivity index (χ1v) is 7.60. The molecule has 23 heavy (non-hydrogen) atoms. The van der Waals surface area contributed by atoms with Gasteiger partial charge >= 0.3 is 5.97 Å². The quantitative estimate of drug-likeness (QED) is 0.865. The molecule has 0 saturated heterocycles. The average Bonchev–Trinajstić information content (AvgIpc) is 2.53. The summed E-state index contributed by atoms with van der Waals surface area (Å²) < 4.78 is 5.71. The minimum absolute atomic E-state index is 0.0978. The number of fused-ring (bicyclic) bond motifs is 1. The van der Waals surface area contributed by atoms with Gasteiger partial charge in [-0.25, -0.2) is 4.79 Å². The van der Waals surface area contributed by atoms with Crippen molar-refractivity contribution < 1.29 is 14.6 Å². The van der Waals surface area contributed by atoms with Crippen molar-refractivity contribution in [2.75, 3.05) is 6.61 Å². The molecule has 1 N–H and O–H groups in total. The van der Waals surface area contributed by atoms with Gasteiger partial charge in [0.25, 0.3) is 0 Å². The van der Waals surface area contributed by atoms with Crippen LogP contribution in [-0.4, -0.2) is 23.9 Å². The van der Waals surface area contributed by atoms with Gasteiger partial charge in [0.15, 0.2) is 0 Å². The monoisotopic (exact) mass is 309 g/mol. The van der Waals surface area contributed by atoms with E-state index in [-0.39, 0.29) is 11.0 Å². The lowest BCUT2D eigenvalue weighted by Crippen LogP contribution is -2.26. The van der Waals surface area contributed by atoms with Crippen LogP contribution < -0.4 is 4.74 Å². The second kappa shape index (κ2) is 5.88. The third-order valence-electron chi connectivity index (χ3n) is 4.19. The predicted octanol–water partition coefficient (Wildman–Crippen LogP) is 4.20. The lowest BCUT2D eigenvalue weighted by molar-refractivity contribution is 0.0697. The Hall–Kier alpha value is -2.62. The van der Waals surface area contributed by atoms with Gasteiger partial charge in [0, 0.05) is 11.8 Å². The van der Waals surface area contributed by atoms with Gasteiger partial charge in [-0.3, -0.25) is 4.99 Å². The van der Waals surface area contributed by atoms with Crippen LogP contribution in [0.2, 0.25) is 0 Å². The Morgan fingerprint density at radius 2 is 1.96 bits per heavy atom. The number of hydrogen-bond donors (Lipinski definition) is 1. The molecule has 4 heteroatoms. The molecule has 0 bridgehead atoms. The fourth-order valence-electron chi connectivity index (χ4n) is 2.67. The maximum atomic E-state index is 10.8. The Balaban J connectivity index is 1.84. The number of carbonyl (C=O) groups is 1. The van der Waals surface area contributed by atoms with Gasteiger partial charge in [-0.15, -0.1) is 0 Å². The van der Waals surface area contributed by atoms with E-state index >= 15 is 0 Å². The van der Waals surface area contributed by atoms with Gasteiger partial charge in [0.1, 0.15) is 5.75 Å². The number of aliphatic imine (C=N–C) groups is 1. The molecule has 2 aromatic carbocycles. The molecule has 1 heterocycles. The van der Waals surface area contributed by atoms with Crippen molar-refractivity contribution in [1.29, 1.82) is 0 Å². The smallest absolute Gasteiger partial charge is 0.335 e. The van der Waals surface area contributed by atoms with E-state index in [9.17, 15) is 4.79 Å². The van der Waals surface area contributed by atoms with Crippen molar-refractivity contribution in [1.82, 2.24) is 0 Å². The molecule has 4 nitrogen and oxygen atoms in total. The number of nitrogens with zero attached hydrogens (tertiary/aromatic N) is 1. The van der Waals surface area contributed by atoms with Crippen molar-refractivity contribution in [3.05, 3.63) is 59.2 Å². The van der Waals surface area contributed by atoms with Crippen LogP contribution in [0.3, 0.4) is 0 Å². The zero-order chi connectivity index (χ0) is 16.4. The molecule has 0 aliphatic carbocycles. The Morgan fingerprint density at radius 3 is 2.65 bits per heavy atom. The molecule has 0 spiro atoms. The molecule has 0 aromatic heterocycles. The van der Waals surface area contributed by atoms with Crippen molar-refractivity contribution >= 4 is 17.9 Å². The second-order valence-corrected chi connectivity index (χ2v) is 6.35. The first kappa shape index (κ1) is 15.3. The molecular formula is C19H19NO3. The van der Waals surface area contributed by atoms with Crippen LogP contribution in [0.5, 0.6) is 5.75 Å². The molecule has 118 valence electrons. The summed E-state index contributed by atoms with van der Waals surface area (Å²) in [6.07, 6.45) is 2.79. The van der Waals surface area contributed by atoms with Crippen molar-refractivity contribution in [2.24, 2.45) is 4.99 Å². The maximum absolute atomic E-state index is 10.8. The molecule has 2 aromatic rings. The van der Waals surface area contributed by atoms with Gasteiger partial charge in [-0.05, 0) is 59.9 Å². The average molecular weight is 309 g/mol. The second-order valence-electron chi connectivity index (χ2n) is 6.35. The summed E-state index contributed by atoms with van der Waals surface area (Å²) in [6, 6.07) is 12.6. The third kappa shape index (κ3) is 3.26. The van der Waals surface area contributed by atoms with Gasteiger partial charge in [0.2, 0.25) is 0 Å². The highest BCUT2D eigenvalue weighted by Crippen LogP contribution is 2.38. The summed E-state index contributed by atoms with van der Waals surface area (Å²) in [6.45, 7) is 5.20. The first-order chi connectivity index (χ1) is 11.0. The molecule has 0 amide bonds. The molecule has 0 unspecified atom stereocenters. The van der Waals surface area contributed by atoms with Crippen LogP contribution in [0, 0.1) is 0 Å². The summed E-state index contributed by atoms with van der Waals surface area (Å²) in [5.41, 5.74) is 3.29. The molecule has 3 rings (SSSR count). The zero-order valence-electron chi connectivity index (χ0n) is 13.2. The van der Waals surface area contributed by atoms with Gasteiger partial charge in [-0.2, -0.15) is 0 Å². The van der Waals surface area contributed by atoms with E-state index in [4.69, 9.17) is 9.84 Å². The summed E-state index contributed by atoms with van der Waals surface area (Å²) in [5, 5.41) is 8.89. The normalized spacial score (nSPS) is 15.9. The summed E-state index contributed by atoms with van der Waals surface area (Å²) in [5.74, 6) is 0.0154. The van der Waals surface area contributed by atoms with E-state index in [1.165, 1.54) is 5.56 Å². The highest BCUT2D eigenvalue weighted by molar-refractivity contribution is 5.88. The Morgan fingerprint density at radius 1 is 1.22 bits per heavy atom. The SMILES string of the molecule is CC1(C)CCOc2ccc(C=Nc3ccc(C(=O)O)cc3)cc21. The largest absolute Gasteiger partial charge is 0.493 e. The molecular weight excluding hydrogens is 290 g/mol. The van der Waals surface area contributed by atoms with E-state index in [0.717, 1.165) is 30.0 Å². The van der Waals surface area contributed by atoms with Gasteiger partial charge in [-0.1, -0.05) is 13.8 Å². The Kier molecular flexibility index (Phi) is 3.90. The highest BCUT2D eigenvalue weighted by Gasteiger charge is 2.28. The number of benzene rings is 2. The summed E-state index contributed by atoms with van der Waals surface area (Å²) in [4.78, 5) is 15.3.